The fourth-order valence-corrected chi connectivity index (χ4v) is 4.15. The second-order valence-corrected chi connectivity index (χ2v) is 9.17. The van der Waals surface area contributed by atoms with Crippen LogP contribution in [-0.4, -0.2) is 20.4 Å². The van der Waals surface area contributed by atoms with Crippen LogP contribution >= 0.6 is 0 Å². The Morgan fingerprint density at radius 2 is 1.81 bits per heavy atom. The minimum atomic E-state index is -1.30. The molecule has 0 aliphatic heterocycles. The van der Waals surface area contributed by atoms with Crippen LogP contribution in [0.25, 0.3) is 0 Å². The van der Waals surface area contributed by atoms with Crippen molar-refractivity contribution in [1.29, 1.82) is 0 Å². The van der Waals surface area contributed by atoms with Gasteiger partial charge in [-0.3, -0.25) is 0 Å². The second-order valence-electron chi connectivity index (χ2n) is 7.92. The molecule has 1 unspecified atom stereocenters. The zero-order valence-electron chi connectivity index (χ0n) is 15.5. The van der Waals surface area contributed by atoms with Gasteiger partial charge in [-0.05, 0) is 43.9 Å². The number of hydrogen-bond acceptors (Lipinski definition) is 6. The average Bonchev–Trinajstić information content (AvgIpc) is 3.08. The van der Waals surface area contributed by atoms with E-state index in [9.17, 15) is 4.21 Å². The molecule has 142 valence electrons. The lowest BCUT2D eigenvalue weighted by atomic mass is 9.86. The number of nitrogens with two attached hydrogens (primary N) is 2. The first-order valence-electron chi connectivity index (χ1n) is 8.91. The molecule has 0 spiro atoms. The van der Waals surface area contributed by atoms with Crippen LogP contribution in [0.5, 0.6) is 0 Å². The maximum absolute atomic E-state index is 12.5. The first kappa shape index (κ1) is 18.8. The summed E-state index contributed by atoms with van der Waals surface area (Å²) in [6.45, 7) is 6.18. The standard InChI is InChI=1S/C18H27N5O2S/c1-18(2,3)17-22-21-16(25-17)11-4-6-12(7-5-11)23-26(24)13-8-9-14(19)15(20)10-13/h8-12,23H,4-7,19-20H2,1-3H3. The van der Waals surface area contributed by atoms with Gasteiger partial charge < -0.3 is 15.9 Å². The van der Waals surface area contributed by atoms with E-state index in [4.69, 9.17) is 15.9 Å². The molecule has 2 aromatic rings. The lowest BCUT2D eigenvalue weighted by Gasteiger charge is -2.27. The highest BCUT2D eigenvalue weighted by molar-refractivity contribution is 7.83. The maximum atomic E-state index is 12.5. The summed E-state index contributed by atoms with van der Waals surface area (Å²) in [6.07, 6.45) is 3.69. The van der Waals surface area contributed by atoms with Gasteiger partial charge in [0, 0.05) is 17.4 Å². The molecule has 1 aliphatic carbocycles. The molecule has 0 amide bonds. The van der Waals surface area contributed by atoms with Gasteiger partial charge in [-0.2, -0.15) is 0 Å². The summed E-state index contributed by atoms with van der Waals surface area (Å²) in [5, 5.41) is 8.42. The van der Waals surface area contributed by atoms with E-state index in [0.717, 1.165) is 31.6 Å². The minimum Gasteiger partial charge on any atom is -0.424 e. The second kappa shape index (κ2) is 7.36. The fraction of sp³-hybridized carbons (Fsp3) is 0.556. The van der Waals surface area contributed by atoms with Crippen molar-refractivity contribution in [1.82, 2.24) is 14.9 Å². The van der Waals surface area contributed by atoms with Gasteiger partial charge in [0.15, 0.2) is 0 Å². The lowest BCUT2D eigenvalue weighted by Crippen LogP contribution is -2.34. The zero-order valence-corrected chi connectivity index (χ0v) is 16.3. The van der Waals surface area contributed by atoms with Gasteiger partial charge in [-0.15, -0.1) is 10.2 Å². The number of benzene rings is 1. The van der Waals surface area contributed by atoms with Crippen LogP contribution in [0.1, 0.15) is 64.2 Å². The van der Waals surface area contributed by atoms with Crippen LogP contribution in [0.3, 0.4) is 0 Å². The van der Waals surface area contributed by atoms with Crippen molar-refractivity contribution in [2.75, 3.05) is 11.5 Å². The molecule has 1 heterocycles. The van der Waals surface area contributed by atoms with E-state index in [0.29, 0.717) is 22.2 Å². The van der Waals surface area contributed by atoms with E-state index in [2.05, 4.69) is 35.7 Å². The van der Waals surface area contributed by atoms with Crippen molar-refractivity contribution in [3.8, 4) is 0 Å². The third kappa shape index (κ3) is 4.24. The molecule has 1 fully saturated rings. The normalized spacial score (nSPS) is 22.3. The molecule has 8 heteroatoms. The monoisotopic (exact) mass is 377 g/mol. The molecule has 1 atom stereocenters. The topological polar surface area (TPSA) is 120 Å². The average molecular weight is 378 g/mol. The number of aromatic nitrogens is 2. The number of nitrogen functional groups attached to an aromatic ring is 2. The molecule has 1 saturated carbocycles. The van der Waals surface area contributed by atoms with Crippen LogP contribution in [0.4, 0.5) is 11.4 Å². The quantitative estimate of drug-likeness (QED) is 0.705. The Morgan fingerprint density at radius 3 is 2.38 bits per heavy atom. The molecule has 3 rings (SSSR count). The van der Waals surface area contributed by atoms with Crippen molar-refractivity contribution in [3.05, 3.63) is 30.0 Å². The maximum Gasteiger partial charge on any atom is 0.221 e. The molecular weight excluding hydrogens is 350 g/mol. The summed E-state index contributed by atoms with van der Waals surface area (Å²) in [5.41, 5.74) is 12.3. The third-order valence-electron chi connectivity index (χ3n) is 4.70. The zero-order chi connectivity index (χ0) is 18.9. The van der Waals surface area contributed by atoms with Crippen LogP contribution < -0.4 is 16.2 Å². The van der Waals surface area contributed by atoms with E-state index in [-0.39, 0.29) is 17.4 Å². The summed E-state index contributed by atoms with van der Waals surface area (Å²) in [5.74, 6) is 1.67. The molecule has 26 heavy (non-hydrogen) atoms. The number of hydrogen-bond donors (Lipinski definition) is 3. The summed E-state index contributed by atoms with van der Waals surface area (Å²) < 4.78 is 21.6. The van der Waals surface area contributed by atoms with Crippen LogP contribution in [0, 0.1) is 0 Å². The van der Waals surface area contributed by atoms with Crippen molar-refractivity contribution < 1.29 is 8.63 Å². The van der Waals surface area contributed by atoms with Crippen LogP contribution in [0.2, 0.25) is 0 Å². The first-order chi connectivity index (χ1) is 12.2. The SMILES string of the molecule is CC(C)(C)c1nnc(C2CCC(NS(=O)c3ccc(N)c(N)c3)CC2)o1. The van der Waals surface area contributed by atoms with Gasteiger partial charge in [0.2, 0.25) is 11.8 Å². The summed E-state index contributed by atoms with van der Waals surface area (Å²) in [4.78, 5) is 0.644. The molecule has 7 nitrogen and oxygen atoms in total. The first-order valence-corrected chi connectivity index (χ1v) is 10.1. The lowest BCUT2D eigenvalue weighted by molar-refractivity contribution is 0.305. The predicted molar refractivity (Wildman–Crippen MR) is 103 cm³/mol. The molecule has 1 aromatic heterocycles. The number of rotatable bonds is 4. The molecule has 1 aromatic carbocycles. The molecule has 1 aliphatic rings. The van der Waals surface area contributed by atoms with Gasteiger partial charge in [-0.1, -0.05) is 20.8 Å². The predicted octanol–water partition coefficient (Wildman–Crippen LogP) is 2.87. The third-order valence-corrected chi connectivity index (χ3v) is 5.93. The minimum absolute atomic E-state index is 0.137. The molecule has 0 bridgehead atoms. The largest absolute Gasteiger partial charge is 0.424 e. The van der Waals surface area contributed by atoms with Crippen LogP contribution in [0.15, 0.2) is 27.5 Å². The number of nitrogens with zero attached hydrogens (tertiary/aromatic N) is 2. The number of anilines is 2. The van der Waals surface area contributed by atoms with E-state index in [1.165, 1.54) is 0 Å². The molecule has 5 N–H and O–H groups in total. The Kier molecular flexibility index (Phi) is 5.34. The Bertz CT molecular complexity index is 791. The van der Waals surface area contributed by atoms with E-state index in [1.54, 1.807) is 18.2 Å². The van der Waals surface area contributed by atoms with E-state index < -0.39 is 11.0 Å². The highest BCUT2D eigenvalue weighted by Crippen LogP contribution is 2.34. The van der Waals surface area contributed by atoms with Gasteiger partial charge in [0.1, 0.15) is 11.0 Å². The molecule has 0 radical (unpaired) electrons. The van der Waals surface area contributed by atoms with Gasteiger partial charge in [0.05, 0.1) is 16.3 Å². The highest BCUT2D eigenvalue weighted by atomic mass is 32.2. The van der Waals surface area contributed by atoms with Gasteiger partial charge in [0.25, 0.3) is 0 Å². The summed E-state index contributed by atoms with van der Waals surface area (Å²) in [7, 11) is -1.30. The molecule has 0 saturated heterocycles. The van der Waals surface area contributed by atoms with Gasteiger partial charge in [-0.25, -0.2) is 8.93 Å². The van der Waals surface area contributed by atoms with Crippen molar-refractivity contribution in [2.45, 2.75) is 68.7 Å². The van der Waals surface area contributed by atoms with Gasteiger partial charge >= 0.3 is 0 Å². The Hall–Kier alpha value is -1.93. The van der Waals surface area contributed by atoms with Crippen molar-refractivity contribution in [2.24, 2.45) is 0 Å². The Morgan fingerprint density at radius 1 is 1.12 bits per heavy atom. The number of nitrogens with one attached hydrogen (secondary N) is 1. The summed E-state index contributed by atoms with van der Waals surface area (Å²) in [6, 6.07) is 5.28. The summed E-state index contributed by atoms with van der Waals surface area (Å²) >= 11 is 0. The Labute approximate surface area is 156 Å². The van der Waals surface area contributed by atoms with E-state index >= 15 is 0 Å². The Balaban J connectivity index is 1.56. The van der Waals surface area contributed by atoms with Crippen LogP contribution in [-0.2, 0) is 16.4 Å². The van der Waals surface area contributed by atoms with E-state index in [1.807, 2.05) is 0 Å². The highest BCUT2D eigenvalue weighted by Gasteiger charge is 2.29. The smallest absolute Gasteiger partial charge is 0.221 e. The van der Waals surface area contributed by atoms with Crippen molar-refractivity contribution in [3.63, 3.8) is 0 Å². The van der Waals surface area contributed by atoms with Crippen molar-refractivity contribution >= 4 is 22.4 Å². The molecular formula is C18H27N5O2S. The fourth-order valence-electron chi connectivity index (χ4n) is 3.05.